The maximum absolute atomic E-state index is 12.7. The van der Waals surface area contributed by atoms with Crippen molar-refractivity contribution in [3.63, 3.8) is 0 Å². The van der Waals surface area contributed by atoms with E-state index < -0.39 is 11.1 Å². The van der Waals surface area contributed by atoms with E-state index in [0.29, 0.717) is 24.2 Å². The van der Waals surface area contributed by atoms with Crippen molar-refractivity contribution in [3.05, 3.63) is 80.9 Å². The number of nitrogens with one attached hydrogen (secondary N) is 1. The summed E-state index contributed by atoms with van der Waals surface area (Å²) in [6.45, 7) is 0.786. The molecule has 0 saturated heterocycles. The van der Waals surface area contributed by atoms with Crippen molar-refractivity contribution in [1.82, 2.24) is 14.5 Å². The Morgan fingerprint density at radius 2 is 1.52 bits per heavy atom. The molecule has 0 bridgehead atoms. The van der Waals surface area contributed by atoms with Crippen LogP contribution in [0.3, 0.4) is 0 Å². The average Bonchev–Trinajstić information content (AvgIpc) is 2.69. The summed E-state index contributed by atoms with van der Waals surface area (Å²) in [4.78, 5) is 37.5. The summed E-state index contributed by atoms with van der Waals surface area (Å²) in [5.74, 6) is -0.348. The lowest BCUT2D eigenvalue weighted by Gasteiger charge is -2.15. The Bertz CT molecular complexity index is 1050. The van der Waals surface area contributed by atoms with E-state index in [0.717, 1.165) is 5.56 Å². The van der Waals surface area contributed by atoms with Gasteiger partial charge in [-0.05, 0) is 17.7 Å². The van der Waals surface area contributed by atoms with Gasteiger partial charge in [0.25, 0.3) is 0 Å². The number of carbonyl (C=O) groups excluding carboxylic acids is 1. The topological polar surface area (TPSA) is 82.3 Å². The Morgan fingerprint density at radius 1 is 0.926 bits per heavy atom. The molecule has 1 amide bonds. The van der Waals surface area contributed by atoms with Gasteiger partial charge in [0.1, 0.15) is 6.54 Å². The molecule has 0 radical (unpaired) electrons. The van der Waals surface area contributed by atoms with Gasteiger partial charge in [-0.1, -0.05) is 42.5 Å². The zero-order chi connectivity index (χ0) is 19.2. The predicted molar refractivity (Wildman–Crippen MR) is 103 cm³/mol. The molecule has 140 valence electrons. The maximum Gasteiger partial charge on any atom is 0.317 e. The summed E-state index contributed by atoms with van der Waals surface area (Å²) in [6.07, 6.45) is 0. The van der Waals surface area contributed by atoms with E-state index in [-0.39, 0.29) is 19.0 Å². The van der Waals surface area contributed by atoms with Crippen molar-refractivity contribution in [2.75, 3.05) is 20.3 Å². The molecular formula is C20H21N3O4. The van der Waals surface area contributed by atoms with E-state index in [1.807, 2.05) is 30.3 Å². The highest BCUT2D eigenvalue weighted by Crippen LogP contribution is 2.12. The monoisotopic (exact) mass is 367 g/mol. The second-order valence-electron chi connectivity index (χ2n) is 6.10. The van der Waals surface area contributed by atoms with Crippen molar-refractivity contribution in [2.45, 2.75) is 13.1 Å². The third-order valence-corrected chi connectivity index (χ3v) is 4.25. The molecule has 27 heavy (non-hydrogen) atoms. The standard InChI is InChI=1S/C20H21N3O4/c1-27-12-11-21-18(24)14-23-17-10-6-5-9-16(17)22(19(25)20(23)26)13-15-7-3-2-4-8-15/h2-10H,11-14H2,1H3,(H,21,24). The molecule has 0 fully saturated rings. The van der Waals surface area contributed by atoms with Gasteiger partial charge in [-0.25, -0.2) is 0 Å². The molecule has 0 aliphatic rings. The van der Waals surface area contributed by atoms with Gasteiger partial charge in [-0.2, -0.15) is 0 Å². The van der Waals surface area contributed by atoms with Crippen LogP contribution in [0.25, 0.3) is 11.0 Å². The van der Waals surface area contributed by atoms with Gasteiger partial charge in [0.2, 0.25) is 5.91 Å². The number of hydrogen-bond donors (Lipinski definition) is 1. The third kappa shape index (κ3) is 4.15. The molecule has 0 spiro atoms. The molecule has 0 saturated carbocycles. The number of aromatic nitrogens is 2. The quantitative estimate of drug-likeness (QED) is 0.498. The highest BCUT2D eigenvalue weighted by Gasteiger charge is 2.15. The molecule has 0 aliphatic heterocycles. The average molecular weight is 367 g/mol. The Morgan fingerprint density at radius 3 is 2.19 bits per heavy atom. The van der Waals surface area contributed by atoms with E-state index >= 15 is 0 Å². The van der Waals surface area contributed by atoms with Crippen molar-refractivity contribution >= 4 is 16.9 Å². The van der Waals surface area contributed by atoms with Crippen LogP contribution in [0.1, 0.15) is 5.56 Å². The van der Waals surface area contributed by atoms with Gasteiger partial charge in [-0.3, -0.25) is 23.5 Å². The number of amides is 1. The van der Waals surface area contributed by atoms with Crippen LogP contribution in [0.2, 0.25) is 0 Å². The lowest BCUT2D eigenvalue weighted by Crippen LogP contribution is -2.44. The molecule has 3 rings (SSSR count). The molecule has 7 heteroatoms. The van der Waals surface area contributed by atoms with Gasteiger partial charge in [0.15, 0.2) is 0 Å². The fourth-order valence-electron chi connectivity index (χ4n) is 2.94. The molecule has 0 aliphatic carbocycles. The Kier molecular flexibility index (Phi) is 5.83. The fraction of sp³-hybridized carbons (Fsp3) is 0.250. The largest absolute Gasteiger partial charge is 0.383 e. The van der Waals surface area contributed by atoms with Crippen LogP contribution in [0.4, 0.5) is 0 Å². The number of fused-ring (bicyclic) bond motifs is 1. The smallest absolute Gasteiger partial charge is 0.317 e. The molecule has 0 atom stereocenters. The number of hydrogen-bond acceptors (Lipinski definition) is 4. The number of methoxy groups -OCH3 is 1. The van der Waals surface area contributed by atoms with Crippen LogP contribution < -0.4 is 16.4 Å². The van der Waals surface area contributed by atoms with Crippen LogP contribution in [0, 0.1) is 0 Å². The number of ether oxygens (including phenoxy) is 1. The van der Waals surface area contributed by atoms with Crippen LogP contribution >= 0.6 is 0 Å². The van der Waals surface area contributed by atoms with Crippen LogP contribution in [0.15, 0.2) is 64.2 Å². The minimum absolute atomic E-state index is 0.218. The second kappa shape index (κ2) is 8.46. The van der Waals surface area contributed by atoms with E-state index in [4.69, 9.17) is 4.74 Å². The van der Waals surface area contributed by atoms with E-state index in [1.54, 1.807) is 24.3 Å². The molecule has 7 nitrogen and oxygen atoms in total. The summed E-state index contributed by atoms with van der Waals surface area (Å²) in [5.41, 5.74) is 0.698. The highest BCUT2D eigenvalue weighted by atomic mass is 16.5. The van der Waals surface area contributed by atoms with Gasteiger partial charge in [0.05, 0.1) is 24.2 Å². The number of nitrogens with zero attached hydrogens (tertiary/aromatic N) is 2. The number of benzene rings is 2. The molecule has 1 aromatic heterocycles. The predicted octanol–water partition coefficient (Wildman–Crippen LogP) is 0.974. The van der Waals surface area contributed by atoms with Crippen molar-refractivity contribution in [3.8, 4) is 0 Å². The van der Waals surface area contributed by atoms with Gasteiger partial charge < -0.3 is 10.1 Å². The second-order valence-corrected chi connectivity index (χ2v) is 6.10. The summed E-state index contributed by atoms with van der Waals surface area (Å²) in [5, 5.41) is 2.67. The maximum atomic E-state index is 12.7. The van der Waals surface area contributed by atoms with Crippen molar-refractivity contribution < 1.29 is 9.53 Å². The van der Waals surface area contributed by atoms with E-state index in [1.165, 1.54) is 16.2 Å². The van der Waals surface area contributed by atoms with Gasteiger partial charge in [0, 0.05) is 13.7 Å². The van der Waals surface area contributed by atoms with Crippen LogP contribution in [0.5, 0.6) is 0 Å². The third-order valence-electron chi connectivity index (χ3n) is 4.25. The van der Waals surface area contributed by atoms with Crippen LogP contribution in [-0.2, 0) is 22.6 Å². The van der Waals surface area contributed by atoms with Crippen molar-refractivity contribution in [2.24, 2.45) is 0 Å². The molecule has 0 unspecified atom stereocenters. The molecule has 3 aromatic rings. The first-order valence-corrected chi connectivity index (χ1v) is 8.63. The number of carbonyl (C=O) groups is 1. The zero-order valence-electron chi connectivity index (χ0n) is 15.1. The SMILES string of the molecule is COCCNC(=O)Cn1c(=O)c(=O)n(Cc2ccccc2)c2ccccc21. The summed E-state index contributed by atoms with van der Waals surface area (Å²) in [6, 6.07) is 16.5. The first kappa shape index (κ1) is 18.6. The molecule has 1 heterocycles. The molecule has 1 N–H and O–H groups in total. The lowest BCUT2D eigenvalue weighted by molar-refractivity contribution is -0.121. The summed E-state index contributed by atoms with van der Waals surface area (Å²) < 4.78 is 7.57. The van der Waals surface area contributed by atoms with Gasteiger partial charge in [-0.15, -0.1) is 0 Å². The first-order valence-electron chi connectivity index (χ1n) is 8.63. The molecule has 2 aromatic carbocycles. The minimum Gasteiger partial charge on any atom is -0.383 e. The lowest BCUT2D eigenvalue weighted by atomic mass is 10.2. The van der Waals surface area contributed by atoms with E-state index in [9.17, 15) is 14.4 Å². The summed E-state index contributed by atoms with van der Waals surface area (Å²) in [7, 11) is 1.54. The highest BCUT2D eigenvalue weighted by molar-refractivity contribution is 5.80. The minimum atomic E-state index is -0.716. The fourth-order valence-corrected chi connectivity index (χ4v) is 2.94. The number of para-hydroxylation sites is 2. The normalized spacial score (nSPS) is 10.9. The summed E-state index contributed by atoms with van der Waals surface area (Å²) >= 11 is 0. The Balaban J connectivity index is 2.03. The first-order chi connectivity index (χ1) is 13.1. The van der Waals surface area contributed by atoms with Crippen LogP contribution in [-0.4, -0.2) is 35.3 Å². The van der Waals surface area contributed by atoms with Gasteiger partial charge >= 0.3 is 11.1 Å². The Labute approximate surface area is 155 Å². The van der Waals surface area contributed by atoms with Crippen molar-refractivity contribution in [1.29, 1.82) is 0 Å². The Hall–Kier alpha value is -3.19. The number of rotatable bonds is 7. The zero-order valence-corrected chi connectivity index (χ0v) is 15.1. The molecular weight excluding hydrogens is 346 g/mol. The van der Waals surface area contributed by atoms with E-state index in [2.05, 4.69) is 5.32 Å².